The first-order chi connectivity index (χ1) is 8.94. The molecule has 0 aliphatic heterocycles. The monoisotopic (exact) mass is 262 g/mol. The zero-order chi connectivity index (χ0) is 14.3. The van der Waals surface area contributed by atoms with Crippen molar-refractivity contribution in [1.82, 2.24) is 10.3 Å². The molecule has 0 unspecified atom stereocenters. The third-order valence-corrected chi connectivity index (χ3v) is 2.59. The number of pyridine rings is 1. The second-order valence-corrected chi connectivity index (χ2v) is 5.76. The molecule has 0 saturated carbocycles. The van der Waals surface area contributed by atoms with Gasteiger partial charge in [-0.25, -0.2) is 4.98 Å². The fourth-order valence-electron chi connectivity index (χ4n) is 1.69. The molecule has 0 saturated heterocycles. The Morgan fingerprint density at radius 3 is 2.68 bits per heavy atom. The molecular formula is C16H26N2O. The third-order valence-electron chi connectivity index (χ3n) is 2.59. The lowest BCUT2D eigenvalue weighted by Gasteiger charge is -2.21. The Hall–Kier alpha value is -1.35. The van der Waals surface area contributed by atoms with Crippen LogP contribution in [0.15, 0.2) is 24.8 Å². The van der Waals surface area contributed by atoms with E-state index in [0.717, 1.165) is 25.1 Å². The summed E-state index contributed by atoms with van der Waals surface area (Å²) in [4.78, 5) is 4.51. The highest BCUT2D eigenvalue weighted by Gasteiger charge is 2.10. The Morgan fingerprint density at radius 1 is 1.37 bits per heavy atom. The van der Waals surface area contributed by atoms with Crippen LogP contribution in [0.4, 0.5) is 0 Å². The average molecular weight is 262 g/mol. The van der Waals surface area contributed by atoms with Gasteiger partial charge in [-0.2, -0.15) is 0 Å². The third kappa shape index (κ3) is 6.39. The van der Waals surface area contributed by atoms with Gasteiger partial charge in [-0.3, -0.25) is 0 Å². The number of nitrogens with one attached hydrogen (secondary N) is 1. The molecule has 0 aliphatic rings. The topological polar surface area (TPSA) is 34.1 Å². The minimum Gasteiger partial charge on any atom is -0.473 e. The smallest absolute Gasteiger partial charge is 0.214 e. The van der Waals surface area contributed by atoms with E-state index in [2.05, 4.69) is 50.6 Å². The van der Waals surface area contributed by atoms with Gasteiger partial charge in [0.05, 0.1) is 0 Å². The number of aromatic nitrogens is 1. The van der Waals surface area contributed by atoms with Gasteiger partial charge in [0.2, 0.25) is 5.88 Å². The van der Waals surface area contributed by atoms with Crippen LogP contribution in [0, 0.1) is 0 Å². The Balaban J connectivity index is 2.82. The van der Waals surface area contributed by atoms with Crippen molar-refractivity contribution in [2.24, 2.45) is 0 Å². The van der Waals surface area contributed by atoms with E-state index in [-0.39, 0.29) is 5.54 Å². The van der Waals surface area contributed by atoms with Crippen LogP contribution in [0.3, 0.4) is 0 Å². The summed E-state index contributed by atoms with van der Waals surface area (Å²) in [5.41, 5.74) is 2.42. The molecular weight excluding hydrogens is 236 g/mol. The molecule has 0 spiro atoms. The summed E-state index contributed by atoms with van der Waals surface area (Å²) in [5.74, 6) is 0.691. The predicted molar refractivity (Wildman–Crippen MR) is 80.5 cm³/mol. The standard InChI is InChI=1S/C16H26N2O/c1-6-8-14-10-13(12-17-16(3,4)5)11-15(18-14)19-9-7-2/h7,10-11,17H,2,6,8-9,12H2,1,3-5H3. The van der Waals surface area contributed by atoms with E-state index in [1.807, 2.05) is 6.07 Å². The minimum atomic E-state index is 0.107. The lowest BCUT2D eigenvalue weighted by Crippen LogP contribution is -2.35. The number of nitrogens with zero attached hydrogens (tertiary/aromatic N) is 1. The highest BCUT2D eigenvalue weighted by molar-refractivity contribution is 5.25. The lowest BCUT2D eigenvalue weighted by molar-refractivity contribution is 0.346. The van der Waals surface area contributed by atoms with Crippen molar-refractivity contribution in [2.45, 2.75) is 52.6 Å². The fourth-order valence-corrected chi connectivity index (χ4v) is 1.69. The molecule has 0 radical (unpaired) electrons. The molecule has 0 aromatic carbocycles. The second kappa shape index (κ2) is 7.29. The minimum absolute atomic E-state index is 0.107. The predicted octanol–water partition coefficient (Wildman–Crippen LogP) is 3.49. The summed E-state index contributed by atoms with van der Waals surface area (Å²) in [6.07, 6.45) is 3.80. The van der Waals surface area contributed by atoms with Crippen LogP contribution < -0.4 is 10.1 Å². The van der Waals surface area contributed by atoms with Gasteiger partial charge in [-0.1, -0.05) is 26.0 Å². The van der Waals surface area contributed by atoms with Crippen LogP contribution in [-0.2, 0) is 13.0 Å². The molecule has 3 nitrogen and oxygen atoms in total. The first kappa shape index (κ1) is 15.7. The summed E-state index contributed by atoms with van der Waals surface area (Å²) in [6, 6.07) is 4.16. The summed E-state index contributed by atoms with van der Waals surface area (Å²) < 4.78 is 5.56. The molecule has 106 valence electrons. The maximum absolute atomic E-state index is 5.56. The molecule has 0 amide bonds. The molecule has 1 aromatic heterocycles. The quantitative estimate of drug-likeness (QED) is 0.764. The van der Waals surface area contributed by atoms with Crippen LogP contribution in [0.5, 0.6) is 5.88 Å². The normalized spacial score (nSPS) is 11.4. The maximum Gasteiger partial charge on any atom is 0.214 e. The highest BCUT2D eigenvalue weighted by atomic mass is 16.5. The van der Waals surface area contributed by atoms with Gasteiger partial charge in [0.1, 0.15) is 6.61 Å². The SMILES string of the molecule is C=CCOc1cc(CNC(C)(C)C)cc(CCC)n1. The Morgan fingerprint density at radius 2 is 2.11 bits per heavy atom. The fraction of sp³-hybridized carbons (Fsp3) is 0.562. The van der Waals surface area contributed by atoms with Crippen LogP contribution in [0.2, 0.25) is 0 Å². The van der Waals surface area contributed by atoms with E-state index in [1.165, 1.54) is 5.56 Å². The summed E-state index contributed by atoms with van der Waals surface area (Å²) in [7, 11) is 0. The zero-order valence-corrected chi connectivity index (χ0v) is 12.6. The van der Waals surface area contributed by atoms with Gasteiger partial charge in [-0.15, -0.1) is 0 Å². The van der Waals surface area contributed by atoms with Crippen LogP contribution in [0.25, 0.3) is 0 Å². The Kier molecular flexibility index (Phi) is 6.03. The Labute approximate surface area is 117 Å². The highest BCUT2D eigenvalue weighted by Crippen LogP contribution is 2.15. The molecule has 0 atom stereocenters. The van der Waals surface area contributed by atoms with Crippen molar-refractivity contribution in [2.75, 3.05) is 6.61 Å². The molecule has 1 N–H and O–H groups in total. The summed E-state index contributed by atoms with van der Waals surface area (Å²) in [6.45, 7) is 13.6. The van der Waals surface area contributed by atoms with Crippen molar-refractivity contribution in [3.8, 4) is 5.88 Å². The van der Waals surface area contributed by atoms with Crippen LogP contribution in [-0.4, -0.2) is 17.1 Å². The van der Waals surface area contributed by atoms with Crippen molar-refractivity contribution in [3.05, 3.63) is 36.0 Å². The number of aryl methyl sites for hydroxylation is 1. The van der Waals surface area contributed by atoms with Gasteiger partial charge in [-0.05, 0) is 38.8 Å². The molecule has 0 fully saturated rings. The van der Waals surface area contributed by atoms with Gasteiger partial charge >= 0.3 is 0 Å². The first-order valence-corrected chi connectivity index (χ1v) is 6.93. The van der Waals surface area contributed by atoms with E-state index in [4.69, 9.17) is 4.74 Å². The van der Waals surface area contributed by atoms with Gasteiger partial charge in [0.25, 0.3) is 0 Å². The van der Waals surface area contributed by atoms with E-state index < -0.39 is 0 Å². The van der Waals surface area contributed by atoms with E-state index in [0.29, 0.717) is 12.5 Å². The van der Waals surface area contributed by atoms with Crippen LogP contribution in [0.1, 0.15) is 45.4 Å². The average Bonchev–Trinajstić information content (AvgIpc) is 2.33. The van der Waals surface area contributed by atoms with Crippen LogP contribution >= 0.6 is 0 Å². The van der Waals surface area contributed by atoms with E-state index in [9.17, 15) is 0 Å². The molecule has 1 rings (SSSR count). The number of rotatable bonds is 7. The molecule has 1 aromatic rings. The van der Waals surface area contributed by atoms with Crippen molar-refractivity contribution < 1.29 is 4.74 Å². The summed E-state index contributed by atoms with van der Waals surface area (Å²) >= 11 is 0. The van der Waals surface area contributed by atoms with Gasteiger partial charge in [0, 0.05) is 23.8 Å². The zero-order valence-electron chi connectivity index (χ0n) is 12.6. The lowest BCUT2D eigenvalue weighted by atomic mass is 10.1. The molecule has 3 heteroatoms. The first-order valence-electron chi connectivity index (χ1n) is 6.93. The maximum atomic E-state index is 5.56. The van der Waals surface area contributed by atoms with E-state index >= 15 is 0 Å². The molecule has 1 heterocycles. The number of ether oxygens (including phenoxy) is 1. The largest absolute Gasteiger partial charge is 0.473 e. The van der Waals surface area contributed by atoms with Gasteiger partial charge < -0.3 is 10.1 Å². The second-order valence-electron chi connectivity index (χ2n) is 5.76. The molecule has 0 bridgehead atoms. The molecule has 0 aliphatic carbocycles. The van der Waals surface area contributed by atoms with Crippen molar-refractivity contribution in [1.29, 1.82) is 0 Å². The van der Waals surface area contributed by atoms with E-state index in [1.54, 1.807) is 6.08 Å². The van der Waals surface area contributed by atoms with Crippen molar-refractivity contribution in [3.63, 3.8) is 0 Å². The Bertz CT molecular complexity index is 408. The summed E-state index contributed by atoms with van der Waals surface area (Å²) in [5, 5.41) is 3.49. The number of hydrogen-bond acceptors (Lipinski definition) is 3. The molecule has 19 heavy (non-hydrogen) atoms. The van der Waals surface area contributed by atoms with Gasteiger partial charge in [0.15, 0.2) is 0 Å². The number of hydrogen-bond donors (Lipinski definition) is 1. The van der Waals surface area contributed by atoms with Crippen molar-refractivity contribution >= 4 is 0 Å².